The molecular formula is C20H19N3O3. The number of hydrogen-bond donors (Lipinski definition) is 2. The second-order valence-corrected chi connectivity index (χ2v) is 6.26. The van der Waals surface area contributed by atoms with Crippen LogP contribution in [-0.2, 0) is 0 Å². The predicted molar refractivity (Wildman–Crippen MR) is 101 cm³/mol. The number of nitrogens with zero attached hydrogens (tertiary/aromatic N) is 1. The maximum atomic E-state index is 12.7. The lowest BCUT2D eigenvalue weighted by Crippen LogP contribution is -2.38. The molecular weight excluding hydrogens is 330 g/mol. The van der Waals surface area contributed by atoms with Crippen LogP contribution in [0.4, 0.5) is 5.69 Å². The fourth-order valence-corrected chi connectivity index (χ4v) is 2.62. The molecule has 0 fully saturated rings. The van der Waals surface area contributed by atoms with Crippen LogP contribution in [0.25, 0.3) is 5.69 Å². The molecule has 2 N–H and O–H groups in total. The summed E-state index contributed by atoms with van der Waals surface area (Å²) in [5, 5.41) is 2.74. The minimum Gasteiger partial charge on any atom is -0.322 e. The van der Waals surface area contributed by atoms with E-state index in [2.05, 4.69) is 10.3 Å². The average molecular weight is 349 g/mol. The van der Waals surface area contributed by atoms with Crippen molar-refractivity contribution in [1.82, 2.24) is 9.55 Å². The predicted octanol–water partition coefficient (Wildman–Crippen LogP) is 2.70. The van der Waals surface area contributed by atoms with Gasteiger partial charge in [-0.15, -0.1) is 0 Å². The Kier molecular flexibility index (Phi) is 4.58. The van der Waals surface area contributed by atoms with Gasteiger partial charge in [0.1, 0.15) is 5.56 Å². The van der Waals surface area contributed by atoms with E-state index in [9.17, 15) is 14.4 Å². The second-order valence-electron chi connectivity index (χ2n) is 6.26. The Morgan fingerprint density at radius 1 is 0.962 bits per heavy atom. The topological polar surface area (TPSA) is 84.0 Å². The molecule has 1 amide bonds. The van der Waals surface area contributed by atoms with Gasteiger partial charge in [0, 0.05) is 11.9 Å². The van der Waals surface area contributed by atoms with Crippen LogP contribution in [-0.4, -0.2) is 15.5 Å². The van der Waals surface area contributed by atoms with E-state index < -0.39 is 17.2 Å². The van der Waals surface area contributed by atoms with Gasteiger partial charge in [0.25, 0.3) is 11.5 Å². The molecule has 0 saturated carbocycles. The van der Waals surface area contributed by atoms with E-state index in [0.29, 0.717) is 11.4 Å². The summed E-state index contributed by atoms with van der Waals surface area (Å²) >= 11 is 0. The van der Waals surface area contributed by atoms with Crippen LogP contribution in [0.3, 0.4) is 0 Å². The van der Waals surface area contributed by atoms with Crippen molar-refractivity contribution >= 4 is 11.6 Å². The number of amides is 1. The Labute approximate surface area is 150 Å². The summed E-state index contributed by atoms with van der Waals surface area (Å²) in [6, 6.07) is 12.6. The van der Waals surface area contributed by atoms with Gasteiger partial charge < -0.3 is 10.3 Å². The van der Waals surface area contributed by atoms with Crippen molar-refractivity contribution in [3.05, 3.63) is 91.8 Å². The Balaban J connectivity index is 2.03. The van der Waals surface area contributed by atoms with Crippen LogP contribution < -0.4 is 16.6 Å². The number of aryl methyl sites for hydroxylation is 3. The van der Waals surface area contributed by atoms with E-state index in [1.54, 1.807) is 24.3 Å². The molecule has 3 rings (SSSR count). The standard InChI is InChI=1S/C20H19N3O3/c1-12-5-8-15(9-6-12)23-19(25)16(11-21-20(23)26)18(24)22-17-10-13(2)4-7-14(17)3/h4-11H,1-3H3,(H,21,26)(H,22,24). The number of aromatic amines is 1. The summed E-state index contributed by atoms with van der Waals surface area (Å²) in [4.78, 5) is 39.9. The minimum atomic E-state index is -0.666. The van der Waals surface area contributed by atoms with Crippen LogP contribution >= 0.6 is 0 Å². The molecule has 0 radical (unpaired) electrons. The summed E-state index contributed by atoms with van der Waals surface area (Å²) in [6.45, 7) is 5.69. The Morgan fingerprint density at radius 2 is 1.62 bits per heavy atom. The molecule has 0 aliphatic heterocycles. The maximum absolute atomic E-state index is 12.7. The van der Waals surface area contributed by atoms with E-state index in [4.69, 9.17) is 0 Å². The quantitative estimate of drug-likeness (QED) is 0.762. The van der Waals surface area contributed by atoms with Gasteiger partial charge in [0.15, 0.2) is 0 Å². The highest BCUT2D eigenvalue weighted by atomic mass is 16.2. The minimum absolute atomic E-state index is 0.133. The molecule has 0 aliphatic rings. The van der Waals surface area contributed by atoms with Gasteiger partial charge in [-0.25, -0.2) is 9.36 Å². The highest BCUT2D eigenvalue weighted by Gasteiger charge is 2.16. The molecule has 6 nitrogen and oxygen atoms in total. The zero-order valence-electron chi connectivity index (χ0n) is 14.8. The first kappa shape index (κ1) is 17.4. The monoisotopic (exact) mass is 349 g/mol. The molecule has 1 heterocycles. The fourth-order valence-electron chi connectivity index (χ4n) is 2.62. The molecule has 0 unspecified atom stereocenters. The first-order valence-electron chi connectivity index (χ1n) is 8.17. The van der Waals surface area contributed by atoms with Crippen LogP contribution in [0.2, 0.25) is 0 Å². The van der Waals surface area contributed by atoms with Crippen molar-refractivity contribution in [1.29, 1.82) is 0 Å². The molecule has 0 saturated heterocycles. The number of anilines is 1. The third-order valence-electron chi connectivity index (χ3n) is 4.15. The lowest BCUT2D eigenvalue weighted by atomic mass is 10.1. The van der Waals surface area contributed by atoms with Crippen molar-refractivity contribution in [2.45, 2.75) is 20.8 Å². The normalized spacial score (nSPS) is 10.6. The number of hydrogen-bond acceptors (Lipinski definition) is 3. The number of aromatic nitrogens is 2. The Hall–Kier alpha value is -3.41. The maximum Gasteiger partial charge on any atom is 0.333 e. The summed E-state index contributed by atoms with van der Waals surface area (Å²) in [5.41, 5.74) is 2.51. The van der Waals surface area contributed by atoms with Crippen molar-refractivity contribution in [2.24, 2.45) is 0 Å². The Bertz CT molecular complexity index is 1090. The third-order valence-corrected chi connectivity index (χ3v) is 4.15. The van der Waals surface area contributed by atoms with Gasteiger partial charge in [-0.3, -0.25) is 9.59 Å². The molecule has 0 atom stereocenters. The summed E-state index contributed by atoms with van der Waals surface area (Å²) < 4.78 is 0.956. The third kappa shape index (κ3) is 3.35. The highest BCUT2D eigenvalue weighted by Crippen LogP contribution is 2.17. The van der Waals surface area contributed by atoms with Crippen LogP contribution in [0, 0.1) is 20.8 Å². The number of nitrogens with one attached hydrogen (secondary N) is 2. The smallest absolute Gasteiger partial charge is 0.322 e. The van der Waals surface area contributed by atoms with Gasteiger partial charge in [0.05, 0.1) is 5.69 Å². The molecule has 0 bridgehead atoms. The lowest BCUT2D eigenvalue weighted by molar-refractivity contribution is 0.102. The highest BCUT2D eigenvalue weighted by molar-refractivity contribution is 6.04. The number of benzene rings is 2. The van der Waals surface area contributed by atoms with Crippen LogP contribution in [0.15, 0.2) is 58.3 Å². The van der Waals surface area contributed by atoms with Crippen molar-refractivity contribution in [2.75, 3.05) is 5.32 Å². The fraction of sp³-hybridized carbons (Fsp3) is 0.150. The van der Waals surface area contributed by atoms with Crippen LogP contribution in [0.1, 0.15) is 27.0 Å². The first-order valence-corrected chi connectivity index (χ1v) is 8.17. The van der Waals surface area contributed by atoms with E-state index in [1.165, 1.54) is 0 Å². The Morgan fingerprint density at radius 3 is 2.31 bits per heavy atom. The van der Waals surface area contributed by atoms with Crippen molar-refractivity contribution in [3.63, 3.8) is 0 Å². The largest absolute Gasteiger partial charge is 0.333 e. The molecule has 2 aromatic carbocycles. The summed E-state index contributed by atoms with van der Waals surface area (Å²) in [7, 11) is 0. The zero-order valence-corrected chi connectivity index (χ0v) is 14.8. The molecule has 132 valence electrons. The van der Waals surface area contributed by atoms with Gasteiger partial charge >= 0.3 is 5.69 Å². The average Bonchev–Trinajstić information content (AvgIpc) is 2.60. The number of carbonyl (C=O) groups is 1. The second kappa shape index (κ2) is 6.84. The van der Waals surface area contributed by atoms with E-state index >= 15 is 0 Å². The summed E-state index contributed by atoms with van der Waals surface area (Å²) in [5.74, 6) is -0.569. The summed E-state index contributed by atoms with van der Waals surface area (Å²) in [6.07, 6.45) is 1.15. The number of carbonyl (C=O) groups excluding carboxylic acids is 1. The zero-order chi connectivity index (χ0) is 18.8. The van der Waals surface area contributed by atoms with E-state index in [0.717, 1.165) is 27.5 Å². The molecule has 0 aliphatic carbocycles. The number of H-pyrrole nitrogens is 1. The van der Waals surface area contributed by atoms with Gasteiger partial charge in [-0.05, 0) is 50.1 Å². The van der Waals surface area contributed by atoms with Crippen molar-refractivity contribution < 1.29 is 4.79 Å². The number of rotatable bonds is 3. The molecule has 26 heavy (non-hydrogen) atoms. The first-order chi connectivity index (χ1) is 12.4. The molecule has 6 heteroatoms. The lowest BCUT2D eigenvalue weighted by Gasteiger charge is -2.10. The van der Waals surface area contributed by atoms with Crippen molar-refractivity contribution in [3.8, 4) is 5.69 Å². The van der Waals surface area contributed by atoms with Gasteiger partial charge in [0.2, 0.25) is 0 Å². The van der Waals surface area contributed by atoms with E-state index in [-0.39, 0.29) is 5.56 Å². The molecule has 3 aromatic rings. The molecule has 1 aromatic heterocycles. The van der Waals surface area contributed by atoms with Gasteiger partial charge in [-0.2, -0.15) is 0 Å². The van der Waals surface area contributed by atoms with E-state index in [1.807, 2.05) is 39.0 Å². The SMILES string of the molecule is Cc1ccc(-n2c(=O)[nH]cc(C(=O)Nc3cc(C)ccc3C)c2=O)cc1. The van der Waals surface area contributed by atoms with Gasteiger partial charge in [-0.1, -0.05) is 29.8 Å². The molecule has 0 spiro atoms. The van der Waals surface area contributed by atoms with Crippen LogP contribution in [0.5, 0.6) is 0 Å².